The highest BCUT2D eigenvalue weighted by molar-refractivity contribution is 5.94. The zero-order valence-corrected chi connectivity index (χ0v) is 14.6. The smallest absolute Gasteiger partial charge is 0.275 e. The van der Waals surface area contributed by atoms with E-state index in [1.165, 1.54) is 7.11 Å². The van der Waals surface area contributed by atoms with Crippen molar-refractivity contribution < 1.29 is 14.3 Å². The first kappa shape index (κ1) is 18.3. The van der Waals surface area contributed by atoms with Gasteiger partial charge in [-0.2, -0.15) is 5.10 Å². The molecule has 27 heavy (non-hydrogen) atoms. The highest BCUT2D eigenvalue weighted by atomic mass is 16.5. The lowest BCUT2D eigenvalue weighted by Gasteiger charge is -2.09. The molecular formula is C19H18N4O4. The number of methoxy groups -OCH3 is 1. The Balaban J connectivity index is 1.70. The standard InChI is InChI=1S/C19H18N4O4/c1-27-12-18(25)22-15-7-4-6-14(9-15)21-17(24)11-23-19(26)16-8-3-2-5-13(16)10-20-23/h2-10H,11-12H2,1H3,(H,21,24)(H,22,25). The largest absolute Gasteiger partial charge is 0.375 e. The molecule has 3 aromatic rings. The fourth-order valence-electron chi connectivity index (χ4n) is 2.58. The number of ether oxygens (including phenoxy) is 1. The summed E-state index contributed by atoms with van der Waals surface area (Å²) in [5.74, 6) is -0.701. The number of hydrogen-bond donors (Lipinski definition) is 2. The quantitative estimate of drug-likeness (QED) is 0.690. The number of benzene rings is 2. The van der Waals surface area contributed by atoms with Crippen molar-refractivity contribution in [2.75, 3.05) is 24.4 Å². The molecule has 1 heterocycles. The van der Waals surface area contributed by atoms with Gasteiger partial charge in [-0.05, 0) is 24.3 Å². The lowest BCUT2D eigenvalue weighted by atomic mass is 10.2. The lowest BCUT2D eigenvalue weighted by molar-refractivity contribution is -0.119. The third-order valence-corrected chi connectivity index (χ3v) is 3.76. The zero-order valence-electron chi connectivity index (χ0n) is 14.6. The molecule has 0 aliphatic rings. The molecule has 0 atom stereocenters. The van der Waals surface area contributed by atoms with E-state index >= 15 is 0 Å². The number of anilines is 2. The van der Waals surface area contributed by atoms with Gasteiger partial charge in [-0.1, -0.05) is 24.3 Å². The first-order valence-corrected chi connectivity index (χ1v) is 8.20. The minimum absolute atomic E-state index is 0.0624. The van der Waals surface area contributed by atoms with Crippen LogP contribution in [-0.4, -0.2) is 35.3 Å². The van der Waals surface area contributed by atoms with Crippen molar-refractivity contribution in [2.24, 2.45) is 0 Å². The van der Waals surface area contributed by atoms with Crippen LogP contribution in [0.5, 0.6) is 0 Å². The molecule has 0 saturated carbocycles. The van der Waals surface area contributed by atoms with Gasteiger partial charge in [0, 0.05) is 23.9 Å². The molecule has 0 radical (unpaired) electrons. The van der Waals surface area contributed by atoms with E-state index in [1.807, 2.05) is 6.07 Å². The van der Waals surface area contributed by atoms with Gasteiger partial charge < -0.3 is 15.4 Å². The number of amides is 2. The van der Waals surface area contributed by atoms with Crippen LogP contribution in [0.2, 0.25) is 0 Å². The monoisotopic (exact) mass is 366 g/mol. The second-order valence-electron chi connectivity index (χ2n) is 5.80. The van der Waals surface area contributed by atoms with Gasteiger partial charge in [0.25, 0.3) is 5.56 Å². The molecule has 8 heteroatoms. The normalized spacial score (nSPS) is 10.6. The minimum atomic E-state index is -0.403. The molecule has 2 N–H and O–H groups in total. The highest BCUT2D eigenvalue weighted by Gasteiger charge is 2.09. The van der Waals surface area contributed by atoms with E-state index in [2.05, 4.69) is 15.7 Å². The molecule has 3 rings (SSSR count). The van der Waals surface area contributed by atoms with E-state index in [9.17, 15) is 14.4 Å². The molecule has 0 aliphatic carbocycles. The van der Waals surface area contributed by atoms with Crippen LogP contribution in [0.15, 0.2) is 59.5 Å². The first-order chi connectivity index (χ1) is 13.1. The van der Waals surface area contributed by atoms with Crippen molar-refractivity contribution in [3.05, 3.63) is 65.1 Å². The summed E-state index contributed by atoms with van der Waals surface area (Å²) in [4.78, 5) is 36.3. The van der Waals surface area contributed by atoms with Crippen LogP contribution in [0, 0.1) is 0 Å². The maximum absolute atomic E-state index is 12.4. The Bertz CT molecular complexity index is 1050. The summed E-state index contributed by atoms with van der Waals surface area (Å²) in [6.07, 6.45) is 1.55. The predicted molar refractivity (Wildman–Crippen MR) is 102 cm³/mol. The minimum Gasteiger partial charge on any atom is -0.375 e. The zero-order chi connectivity index (χ0) is 19.2. The Hall–Kier alpha value is -3.52. The van der Waals surface area contributed by atoms with E-state index in [-0.39, 0.29) is 24.6 Å². The summed E-state index contributed by atoms with van der Waals surface area (Å²) >= 11 is 0. The van der Waals surface area contributed by atoms with E-state index in [1.54, 1.807) is 48.7 Å². The molecule has 0 aliphatic heterocycles. The van der Waals surface area contributed by atoms with Crippen LogP contribution in [0.25, 0.3) is 10.8 Å². The summed E-state index contributed by atoms with van der Waals surface area (Å²) in [5.41, 5.74) is 0.684. The molecule has 8 nitrogen and oxygen atoms in total. The maximum atomic E-state index is 12.4. The summed E-state index contributed by atoms with van der Waals surface area (Å²) in [6.45, 7) is -0.281. The van der Waals surface area contributed by atoms with Gasteiger partial charge in [0.1, 0.15) is 13.2 Å². The van der Waals surface area contributed by atoms with Gasteiger partial charge >= 0.3 is 0 Å². The summed E-state index contributed by atoms with van der Waals surface area (Å²) in [5, 5.41) is 10.6. The van der Waals surface area contributed by atoms with Crippen molar-refractivity contribution in [2.45, 2.75) is 6.54 Å². The van der Waals surface area contributed by atoms with Crippen LogP contribution in [0.4, 0.5) is 11.4 Å². The Kier molecular flexibility index (Phi) is 5.58. The van der Waals surface area contributed by atoms with Crippen LogP contribution >= 0.6 is 0 Å². The van der Waals surface area contributed by atoms with Gasteiger partial charge in [0.2, 0.25) is 11.8 Å². The van der Waals surface area contributed by atoms with Crippen LogP contribution < -0.4 is 16.2 Å². The van der Waals surface area contributed by atoms with Gasteiger partial charge in [-0.25, -0.2) is 4.68 Å². The number of fused-ring (bicyclic) bond motifs is 1. The number of nitrogens with one attached hydrogen (secondary N) is 2. The van der Waals surface area contributed by atoms with Crippen molar-refractivity contribution in [3.63, 3.8) is 0 Å². The molecule has 1 aromatic heterocycles. The van der Waals surface area contributed by atoms with E-state index in [0.29, 0.717) is 16.8 Å². The number of aromatic nitrogens is 2. The van der Waals surface area contributed by atoms with Gasteiger partial charge in [-0.15, -0.1) is 0 Å². The molecule has 0 fully saturated rings. The van der Waals surface area contributed by atoms with Gasteiger partial charge in [0.05, 0.1) is 11.6 Å². The maximum Gasteiger partial charge on any atom is 0.275 e. The van der Waals surface area contributed by atoms with Gasteiger partial charge in [-0.3, -0.25) is 14.4 Å². The van der Waals surface area contributed by atoms with Crippen molar-refractivity contribution >= 4 is 34.0 Å². The summed E-state index contributed by atoms with van der Waals surface area (Å²) in [7, 11) is 1.43. The molecule has 138 valence electrons. The topological polar surface area (TPSA) is 102 Å². The predicted octanol–water partition coefficient (Wildman–Crippen LogP) is 1.62. The molecular weight excluding hydrogens is 348 g/mol. The van der Waals surface area contributed by atoms with Crippen molar-refractivity contribution in [1.29, 1.82) is 0 Å². The number of hydrogen-bond acceptors (Lipinski definition) is 5. The van der Waals surface area contributed by atoms with Gasteiger partial charge in [0.15, 0.2) is 0 Å². The molecule has 0 unspecified atom stereocenters. The van der Waals surface area contributed by atoms with Crippen LogP contribution in [0.1, 0.15) is 0 Å². The fourth-order valence-corrected chi connectivity index (χ4v) is 2.58. The Morgan fingerprint density at radius 1 is 1.04 bits per heavy atom. The Morgan fingerprint density at radius 3 is 2.48 bits per heavy atom. The Labute approximate surface area is 154 Å². The average Bonchev–Trinajstić information content (AvgIpc) is 2.65. The number of carbonyl (C=O) groups excluding carboxylic acids is 2. The second kappa shape index (κ2) is 8.24. The third kappa shape index (κ3) is 4.56. The van der Waals surface area contributed by atoms with Crippen molar-refractivity contribution in [3.8, 4) is 0 Å². The van der Waals surface area contributed by atoms with E-state index in [4.69, 9.17) is 4.74 Å². The van der Waals surface area contributed by atoms with Crippen LogP contribution in [0.3, 0.4) is 0 Å². The molecule has 2 aromatic carbocycles. The molecule has 0 saturated heterocycles. The van der Waals surface area contributed by atoms with Crippen molar-refractivity contribution in [1.82, 2.24) is 9.78 Å². The second-order valence-corrected chi connectivity index (χ2v) is 5.80. The molecule has 0 spiro atoms. The molecule has 2 amide bonds. The first-order valence-electron chi connectivity index (χ1n) is 8.20. The highest BCUT2D eigenvalue weighted by Crippen LogP contribution is 2.15. The average molecular weight is 366 g/mol. The summed E-state index contributed by atoms with van der Waals surface area (Å²) in [6, 6.07) is 13.7. The summed E-state index contributed by atoms with van der Waals surface area (Å²) < 4.78 is 5.87. The number of carbonyl (C=O) groups is 2. The number of rotatable bonds is 6. The van der Waals surface area contributed by atoms with Crippen LogP contribution in [-0.2, 0) is 20.9 Å². The van der Waals surface area contributed by atoms with E-state index < -0.39 is 5.91 Å². The lowest BCUT2D eigenvalue weighted by Crippen LogP contribution is -2.29. The molecule has 0 bridgehead atoms. The number of nitrogens with zero attached hydrogens (tertiary/aromatic N) is 2. The van der Waals surface area contributed by atoms with E-state index in [0.717, 1.165) is 10.1 Å². The Morgan fingerprint density at radius 2 is 1.74 bits per heavy atom. The third-order valence-electron chi connectivity index (χ3n) is 3.76. The SMILES string of the molecule is COCC(=O)Nc1cccc(NC(=O)Cn2ncc3ccccc3c2=O)c1. The fraction of sp³-hybridized carbons (Fsp3) is 0.158.